The molecule has 1 aromatic carbocycles. The first-order valence-corrected chi connectivity index (χ1v) is 6.95. The molecule has 6 heteroatoms. The largest absolute Gasteiger partial charge is 0.396 e. The Hall–Kier alpha value is -1.92. The third-order valence-corrected chi connectivity index (χ3v) is 4.06. The number of carbonyl (C=O) groups excluding carboxylic acids is 1. The van der Waals surface area contributed by atoms with Crippen LogP contribution in [0, 0.1) is 11.7 Å². The van der Waals surface area contributed by atoms with Crippen LogP contribution in [0.4, 0.5) is 4.39 Å². The Morgan fingerprint density at radius 3 is 2.95 bits per heavy atom. The van der Waals surface area contributed by atoms with Gasteiger partial charge in [-0.05, 0) is 30.7 Å². The van der Waals surface area contributed by atoms with Gasteiger partial charge in [-0.25, -0.2) is 4.39 Å². The van der Waals surface area contributed by atoms with E-state index in [1.807, 2.05) is 0 Å². The molecule has 0 bridgehead atoms. The summed E-state index contributed by atoms with van der Waals surface area (Å²) in [5, 5.41) is 19.7. The number of nitrogens with zero attached hydrogens (tertiary/aromatic N) is 1. The van der Waals surface area contributed by atoms with E-state index in [1.165, 1.54) is 12.1 Å². The molecule has 0 unspecified atom stereocenters. The van der Waals surface area contributed by atoms with Gasteiger partial charge >= 0.3 is 0 Å². The predicted molar refractivity (Wildman–Crippen MR) is 75.4 cm³/mol. The number of fused-ring (bicyclic) bond motifs is 1. The molecule has 3 rings (SSSR count). The third kappa shape index (κ3) is 2.64. The number of β-amino-alcohol motifs (C(OH)–C–C–N with tert-alkyl or cyclic N) is 1. The number of rotatable bonds is 2. The number of aromatic nitrogens is 1. The fourth-order valence-electron chi connectivity index (χ4n) is 2.77. The fraction of sp³-hybridized carbons (Fsp3) is 0.400. The van der Waals surface area contributed by atoms with Crippen LogP contribution in [0.5, 0.6) is 0 Å². The molecular weight excluding hydrogens is 275 g/mol. The maximum absolute atomic E-state index is 13.2. The highest BCUT2D eigenvalue weighted by atomic mass is 19.1. The highest BCUT2D eigenvalue weighted by Gasteiger charge is 2.30. The minimum Gasteiger partial charge on any atom is -0.396 e. The van der Waals surface area contributed by atoms with Crippen LogP contribution >= 0.6 is 0 Å². The van der Waals surface area contributed by atoms with Crippen molar-refractivity contribution in [2.45, 2.75) is 12.5 Å². The SMILES string of the molecule is O=C(c1cc2cc(F)ccc2[nH]1)N1CC[C@H](CO)[C@H](O)C1. The standard InChI is InChI=1S/C15H17FN2O3/c16-11-1-2-12-10(5-11)6-13(17-12)15(21)18-4-3-9(8-19)14(20)7-18/h1-2,5-6,9,14,17,19-20H,3-4,7-8H2/t9-,14-/m1/s1. The molecule has 1 amide bonds. The number of hydrogen-bond donors (Lipinski definition) is 3. The summed E-state index contributed by atoms with van der Waals surface area (Å²) in [6.45, 7) is 0.619. The van der Waals surface area contributed by atoms with Gasteiger partial charge in [-0.15, -0.1) is 0 Å². The Labute approximate surface area is 121 Å². The Kier molecular flexibility index (Phi) is 3.65. The number of piperidine rings is 1. The minimum atomic E-state index is -0.713. The summed E-state index contributed by atoms with van der Waals surface area (Å²) in [4.78, 5) is 16.9. The quantitative estimate of drug-likeness (QED) is 0.776. The average Bonchev–Trinajstić information content (AvgIpc) is 2.89. The first-order valence-electron chi connectivity index (χ1n) is 6.95. The lowest BCUT2D eigenvalue weighted by Crippen LogP contribution is -2.47. The number of carbonyl (C=O) groups is 1. The van der Waals surface area contributed by atoms with Crippen LogP contribution in [0.1, 0.15) is 16.9 Å². The van der Waals surface area contributed by atoms with Gasteiger partial charge in [0.1, 0.15) is 11.5 Å². The summed E-state index contributed by atoms with van der Waals surface area (Å²) < 4.78 is 13.2. The van der Waals surface area contributed by atoms with Crippen LogP contribution in [0.15, 0.2) is 24.3 Å². The van der Waals surface area contributed by atoms with Gasteiger partial charge in [0.25, 0.3) is 5.91 Å². The van der Waals surface area contributed by atoms with Crippen molar-refractivity contribution in [2.24, 2.45) is 5.92 Å². The summed E-state index contributed by atoms with van der Waals surface area (Å²) in [6.07, 6.45) is -0.146. The van der Waals surface area contributed by atoms with Gasteiger partial charge in [0.2, 0.25) is 0 Å². The van der Waals surface area contributed by atoms with Crippen LogP contribution in [0.2, 0.25) is 0 Å². The van der Waals surface area contributed by atoms with E-state index in [1.54, 1.807) is 17.0 Å². The summed E-state index contributed by atoms with van der Waals surface area (Å²) in [6, 6.07) is 5.92. The number of amides is 1. The average molecular weight is 292 g/mol. The maximum Gasteiger partial charge on any atom is 0.270 e. The molecule has 3 N–H and O–H groups in total. The molecule has 2 aromatic rings. The predicted octanol–water partition coefficient (Wildman–Crippen LogP) is 1.12. The summed E-state index contributed by atoms with van der Waals surface area (Å²) in [7, 11) is 0. The van der Waals surface area contributed by atoms with E-state index in [0.29, 0.717) is 29.6 Å². The lowest BCUT2D eigenvalue weighted by molar-refractivity contribution is 0.000696. The Morgan fingerprint density at radius 1 is 1.43 bits per heavy atom. The normalized spacial score (nSPS) is 22.7. The molecule has 2 heterocycles. The molecule has 0 spiro atoms. The number of aliphatic hydroxyl groups excluding tert-OH is 2. The van der Waals surface area contributed by atoms with E-state index < -0.39 is 6.10 Å². The zero-order valence-electron chi connectivity index (χ0n) is 11.4. The molecular formula is C15H17FN2O3. The lowest BCUT2D eigenvalue weighted by atomic mass is 9.94. The molecule has 1 saturated heterocycles. The van der Waals surface area contributed by atoms with Crippen LogP contribution in [-0.4, -0.2) is 51.8 Å². The van der Waals surface area contributed by atoms with E-state index in [9.17, 15) is 14.3 Å². The second-order valence-electron chi connectivity index (χ2n) is 5.46. The molecule has 5 nitrogen and oxygen atoms in total. The maximum atomic E-state index is 13.2. The molecule has 1 aliphatic heterocycles. The second-order valence-corrected chi connectivity index (χ2v) is 5.46. The van der Waals surface area contributed by atoms with Gasteiger partial charge < -0.3 is 20.1 Å². The topological polar surface area (TPSA) is 76.6 Å². The molecule has 1 aromatic heterocycles. The van der Waals surface area contributed by atoms with Crippen molar-refractivity contribution in [3.05, 3.63) is 35.8 Å². The molecule has 1 fully saturated rings. The number of aliphatic hydroxyl groups is 2. The minimum absolute atomic E-state index is 0.0745. The Bertz CT molecular complexity index is 670. The number of nitrogens with one attached hydrogen (secondary N) is 1. The van der Waals surface area contributed by atoms with Crippen LogP contribution in [-0.2, 0) is 0 Å². The number of aromatic amines is 1. The van der Waals surface area contributed by atoms with Gasteiger partial charge in [-0.1, -0.05) is 0 Å². The molecule has 21 heavy (non-hydrogen) atoms. The van der Waals surface area contributed by atoms with Gasteiger partial charge in [0, 0.05) is 36.5 Å². The van der Waals surface area contributed by atoms with Crippen molar-refractivity contribution < 1.29 is 19.4 Å². The van der Waals surface area contributed by atoms with E-state index in [-0.39, 0.29) is 30.8 Å². The van der Waals surface area contributed by atoms with Crippen molar-refractivity contribution in [3.8, 4) is 0 Å². The number of benzene rings is 1. The summed E-state index contributed by atoms with van der Waals surface area (Å²) >= 11 is 0. The molecule has 1 aliphatic rings. The van der Waals surface area contributed by atoms with Crippen molar-refractivity contribution >= 4 is 16.8 Å². The summed E-state index contributed by atoms with van der Waals surface area (Å²) in [5.74, 6) is -0.743. The zero-order valence-corrected chi connectivity index (χ0v) is 11.4. The summed E-state index contributed by atoms with van der Waals surface area (Å²) in [5.41, 5.74) is 1.08. The van der Waals surface area contributed by atoms with Gasteiger partial charge in [0.15, 0.2) is 0 Å². The van der Waals surface area contributed by atoms with E-state index >= 15 is 0 Å². The molecule has 0 radical (unpaired) electrons. The van der Waals surface area contributed by atoms with Crippen molar-refractivity contribution in [3.63, 3.8) is 0 Å². The molecule has 0 aliphatic carbocycles. The lowest BCUT2D eigenvalue weighted by Gasteiger charge is -2.34. The number of likely N-dealkylation sites (tertiary alicyclic amines) is 1. The highest BCUT2D eigenvalue weighted by molar-refractivity contribution is 5.98. The first-order chi connectivity index (χ1) is 10.1. The van der Waals surface area contributed by atoms with Gasteiger partial charge in [0.05, 0.1) is 6.10 Å². The monoisotopic (exact) mass is 292 g/mol. The number of halogens is 1. The molecule has 0 saturated carbocycles. The van der Waals surface area contributed by atoms with E-state index in [0.717, 1.165) is 0 Å². The third-order valence-electron chi connectivity index (χ3n) is 4.06. The zero-order chi connectivity index (χ0) is 15.0. The van der Waals surface area contributed by atoms with E-state index in [4.69, 9.17) is 5.11 Å². The number of hydrogen-bond acceptors (Lipinski definition) is 3. The Morgan fingerprint density at radius 2 is 2.24 bits per heavy atom. The highest BCUT2D eigenvalue weighted by Crippen LogP contribution is 2.21. The smallest absolute Gasteiger partial charge is 0.270 e. The number of H-pyrrole nitrogens is 1. The molecule has 112 valence electrons. The Balaban J connectivity index is 1.80. The van der Waals surface area contributed by atoms with Gasteiger partial charge in [-0.3, -0.25) is 4.79 Å². The first kappa shape index (κ1) is 14.0. The van der Waals surface area contributed by atoms with Crippen molar-refractivity contribution in [1.82, 2.24) is 9.88 Å². The van der Waals surface area contributed by atoms with Crippen molar-refractivity contribution in [2.75, 3.05) is 19.7 Å². The van der Waals surface area contributed by atoms with Crippen molar-refractivity contribution in [1.29, 1.82) is 0 Å². The van der Waals surface area contributed by atoms with E-state index in [2.05, 4.69) is 4.98 Å². The van der Waals surface area contributed by atoms with Crippen LogP contribution in [0.25, 0.3) is 10.9 Å². The molecule has 2 atom stereocenters. The van der Waals surface area contributed by atoms with Crippen LogP contribution in [0.3, 0.4) is 0 Å². The van der Waals surface area contributed by atoms with Gasteiger partial charge in [-0.2, -0.15) is 0 Å². The fourth-order valence-corrected chi connectivity index (χ4v) is 2.77. The van der Waals surface area contributed by atoms with Crippen LogP contribution < -0.4 is 0 Å². The second kappa shape index (κ2) is 5.46.